The fraction of sp³-hybridized carbons (Fsp3) is 0.300. The summed E-state index contributed by atoms with van der Waals surface area (Å²) in [5, 5.41) is 2.73. The second-order valence-electron chi connectivity index (χ2n) is 6.29. The lowest BCUT2D eigenvalue weighted by molar-refractivity contribution is -0.140. The maximum absolute atomic E-state index is 12.9. The van der Waals surface area contributed by atoms with Gasteiger partial charge in [0.2, 0.25) is 11.8 Å². The molecule has 1 unspecified atom stereocenters. The van der Waals surface area contributed by atoms with Crippen LogP contribution in [0, 0.1) is 5.82 Å². The lowest BCUT2D eigenvalue weighted by Gasteiger charge is -2.31. The van der Waals surface area contributed by atoms with Crippen LogP contribution in [0.1, 0.15) is 25.0 Å². The predicted octanol–water partition coefficient (Wildman–Crippen LogP) is 2.16. The van der Waals surface area contributed by atoms with Gasteiger partial charge in [-0.25, -0.2) is 4.39 Å². The molecule has 2 rings (SSSR count). The third-order valence-electron chi connectivity index (χ3n) is 4.22. The van der Waals surface area contributed by atoms with Gasteiger partial charge >= 0.3 is 0 Å². The normalized spacial score (nSPS) is 12.9. The molecule has 1 atom stereocenters. The highest BCUT2D eigenvalue weighted by atomic mass is 19.1. The number of hydrogen-bond donors (Lipinski definition) is 2. The van der Waals surface area contributed by atoms with Crippen LogP contribution in [0.25, 0.3) is 0 Å². The van der Waals surface area contributed by atoms with Crippen molar-refractivity contribution in [2.45, 2.75) is 25.9 Å². The molecule has 26 heavy (non-hydrogen) atoms. The molecule has 0 saturated heterocycles. The summed E-state index contributed by atoms with van der Waals surface area (Å²) < 4.78 is 12.9. The molecule has 5 nitrogen and oxygen atoms in total. The zero-order valence-corrected chi connectivity index (χ0v) is 15.0. The molecule has 0 aliphatic heterocycles. The third kappa shape index (κ3) is 4.89. The molecule has 0 bridgehead atoms. The van der Waals surface area contributed by atoms with Crippen LogP contribution in [0.2, 0.25) is 0 Å². The molecule has 0 aliphatic carbocycles. The fourth-order valence-corrected chi connectivity index (χ4v) is 2.60. The number of nitrogens with one attached hydrogen (secondary N) is 1. The van der Waals surface area contributed by atoms with E-state index in [-0.39, 0.29) is 30.7 Å². The van der Waals surface area contributed by atoms with Gasteiger partial charge in [-0.15, -0.1) is 0 Å². The quantitative estimate of drug-likeness (QED) is 0.797. The lowest BCUT2D eigenvalue weighted by Crippen LogP contribution is -2.53. The van der Waals surface area contributed by atoms with E-state index in [0.29, 0.717) is 12.1 Å². The van der Waals surface area contributed by atoms with Gasteiger partial charge in [0.1, 0.15) is 11.4 Å². The van der Waals surface area contributed by atoms with Crippen LogP contribution in [-0.4, -0.2) is 29.8 Å². The molecule has 0 aromatic heterocycles. The highest BCUT2D eigenvalue weighted by molar-refractivity contribution is 5.90. The van der Waals surface area contributed by atoms with E-state index in [2.05, 4.69) is 5.32 Å². The maximum atomic E-state index is 12.9. The summed E-state index contributed by atoms with van der Waals surface area (Å²) in [4.78, 5) is 26.4. The van der Waals surface area contributed by atoms with Gasteiger partial charge in [-0.05, 0) is 37.1 Å². The molecule has 138 valence electrons. The van der Waals surface area contributed by atoms with Crippen LogP contribution in [0.15, 0.2) is 54.6 Å². The summed E-state index contributed by atoms with van der Waals surface area (Å²) in [6.45, 7) is 3.98. The average Bonchev–Trinajstić information content (AvgIpc) is 2.65. The Balaban J connectivity index is 1.98. The second-order valence-corrected chi connectivity index (χ2v) is 6.29. The summed E-state index contributed by atoms with van der Waals surface area (Å²) in [7, 11) is 0. The van der Waals surface area contributed by atoms with Crippen molar-refractivity contribution in [2.24, 2.45) is 5.73 Å². The Bertz CT molecular complexity index is 745. The first-order chi connectivity index (χ1) is 12.3. The van der Waals surface area contributed by atoms with Gasteiger partial charge in [-0.1, -0.05) is 42.5 Å². The summed E-state index contributed by atoms with van der Waals surface area (Å²) in [6, 6.07) is 15.0. The Hall–Kier alpha value is -2.73. The van der Waals surface area contributed by atoms with E-state index < -0.39 is 5.54 Å². The number of benzene rings is 2. The number of carbonyl (C=O) groups excluding carboxylic acids is 2. The first-order valence-electron chi connectivity index (χ1n) is 8.49. The molecule has 3 N–H and O–H groups in total. The van der Waals surface area contributed by atoms with Crippen LogP contribution < -0.4 is 11.1 Å². The summed E-state index contributed by atoms with van der Waals surface area (Å²) in [5.74, 6) is -0.942. The molecule has 2 amide bonds. The Kier molecular flexibility index (Phi) is 6.46. The van der Waals surface area contributed by atoms with Gasteiger partial charge in [0.05, 0.1) is 6.54 Å². The highest BCUT2D eigenvalue weighted by Crippen LogP contribution is 2.20. The monoisotopic (exact) mass is 357 g/mol. The molecule has 2 aromatic carbocycles. The van der Waals surface area contributed by atoms with Crippen LogP contribution in [0.4, 0.5) is 4.39 Å². The lowest BCUT2D eigenvalue weighted by atomic mass is 9.91. The molecule has 0 saturated carbocycles. The number of hydrogen-bond acceptors (Lipinski definition) is 3. The van der Waals surface area contributed by atoms with E-state index in [0.717, 1.165) is 5.56 Å². The first-order valence-corrected chi connectivity index (χ1v) is 8.49. The van der Waals surface area contributed by atoms with E-state index in [1.54, 1.807) is 38.1 Å². The third-order valence-corrected chi connectivity index (χ3v) is 4.22. The average molecular weight is 357 g/mol. The van der Waals surface area contributed by atoms with E-state index >= 15 is 0 Å². The fourth-order valence-electron chi connectivity index (χ4n) is 2.60. The van der Waals surface area contributed by atoms with Gasteiger partial charge in [0, 0.05) is 13.1 Å². The number of likely N-dealkylation sites (N-methyl/N-ethyl adjacent to an activating group) is 1. The van der Waals surface area contributed by atoms with Crippen molar-refractivity contribution in [3.8, 4) is 0 Å². The maximum Gasteiger partial charge on any atom is 0.247 e. The molecule has 0 fully saturated rings. The zero-order chi connectivity index (χ0) is 19.2. The van der Waals surface area contributed by atoms with Crippen molar-refractivity contribution >= 4 is 11.8 Å². The van der Waals surface area contributed by atoms with E-state index in [1.165, 1.54) is 17.0 Å². The van der Waals surface area contributed by atoms with E-state index in [1.807, 2.05) is 18.2 Å². The van der Waals surface area contributed by atoms with Gasteiger partial charge in [-0.3, -0.25) is 9.59 Å². The molecule has 6 heteroatoms. The smallest absolute Gasteiger partial charge is 0.247 e. The van der Waals surface area contributed by atoms with Crippen LogP contribution >= 0.6 is 0 Å². The standard InChI is InChI=1S/C20H24FN3O2/c1-3-24(19(26)20(2,22)16-7-5-4-6-8-16)14-18(25)23-13-15-9-11-17(21)12-10-15/h4-12H,3,13-14,22H2,1-2H3,(H,23,25). The molecule has 0 heterocycles. The minimum Gasteiger partial charge on any atom is -0.350 e. The van der Waals surface area contributed by atoms with Gasteiger partial charge < -0.3 is 16.0 Å². The van der Waals surface area contributed by atoms with E-state index in [9.17, 15) is 14.0 Å². The molecule has 2 aromatic rings. The van der Waals surface area contributed by atoms with Gasteiger partial charge in [-0.2, -0.15) is 0 Å². The Morgan fingerprint density at radius 1 is 1.12 bits per heavy atom. The Morgan fingerprint density at radius 2 is 1.73 bits per heavy atom. The summed E-state index contributed by atoms with van der Waals surface area (Å²) >= 11 is 0. The second kappa shape index (κ2) is 8.58. The van der Waals surface area contributed by atoms with Crippen molar-refractivity contribution in [1.82, 2.24) is 10.2 Å². The topological polar surface area (TPSA) is 75.4 Å². The van der Waals surface area contributed by atoms with E-state index in [4.69, 9.17) is 5.73 Å². The molecule has 0 aliphatic rings. The molecule has 0 radical (unpaired) electrons. The van der Waals surface area contributed by atoms with Crippen molar-refractivity contribution in [3.05, 3.63) is 71.5 Å². The van der Waals surface area contributed by atoms with Crippen LogP contribution in [0.5, 0.6) is 0 Å². The summed E-state index contributed by atoms with van der Waals surface area (Å²) in [5.41, 5.74) is 6.51. The SMILES string of the molecule is CCN(CC(=O)NCc1ccc(F)cc1)C(=O)C(C)(N)c1ccccc1. The first kappa shape index (κ1) is 19.6. The molecular weight excluding hydrogens is 333 g/mol. The minimum atomic E-state index is -1.21. The Labute approximate surface area is 153 Å². The van der Waals surface area contributed by atoms with Gasteiger partial charge in [0.15, 0.2) is 0 Å². The largest absolute Gasteiger partial charge is 0.350 e. The predicted molar refractivity (Wildman–Crippen MR) is 98.5 cm³/mol. The van der Waals surface area contributed by atoms with Crippen LogP contribution in [-0.2, 0) is 21.7 Å². The highest BCUT2D eigenvalue weighted by Gasteiger charge is 2.34. The number of nitrogens with two attached hydrogens (primary N) is 1. The molecule has 0 spiro atoms. The minimum absolute atomic E-state index is 0.0872. The Morgan fingerprint density at radius 3 is 2.31 bits per heavy atom. The molecular formula is C20H24FN3O2. The van der Waals surface area contributed by atoms with Crippen molar-refractivity contribution < 1.29 is 14.0 Å². The number of nitrogens with zero attached hydrogens (tertiary/aromatic N) is 1. The van der Waals surface area contributed by atoms with Crippen LogP contribution in [0.3, 0.4) is 0 Å². The number of rotatable bonds is 7. The zero-order valence-electron chi connectivity index (χ0n) is 15.0. The van der Waals surface area contributed by atoms with Crippen molar-refractivity contribution in [1.29, 1.82) is 0 Å². The number of carbonyl (C=O) groups is 2. The van der Waals surface area contributed by atoms with Gasteiger partial charge in [0.25, 0.3) is 0 Å². The van der Waals surface area contributed by atoms with Crippen molar-refractivity contribution in [3.63, 3.8) is 0 Å². The number of amides is 2. The summed E-state index contributed by atoms with van der Waals surface area (Å²) in [6.07, 6.45) is 0. The van der Waals surface area contributed by atoms with Crippen molar-refractivity contribution in [2.75, 3.05) is 13.1 Å². The number of halogens is 1.